The standard InChI is InChI=1S/C27H38N5O4P/c1-20(2)32(21(3)4)37(35-18-10-17-28)36-22(5)26(19-34-6)29-27(33)23-13-15-25(16-14-23)31-30-24-11-8-7-9-12-24/h7-9,11-16,20-22,26H,10,18-19H2,1-6H3,(H,29,33)/t22-,26-,37?/m0/s1. The van der Waals surface area contributed by atoms with Crippen LogP contribution in [0.1, 0.15) is 51.4 Å². The Balaban J connectivity index is 2.08. The van der Waals surface area contributed by atoms with Crippen molar-refractivity contribution in [2.75, 3.05) is 20.3 Å². The number of azo groups is 1. The highest BCUT2D eigenvalue weighted by Crippen LogP contribution is 2.47. The van der Waals surface area contributed by atoms with Crippen LogP contribution in [0.5, 0.6) is 0 Å². The molecule has 0 spiro atoms. The van der Waals surface area contributed by atoms with Gasteiger partial charge in [-0.1, -0.05) is 18.2 Å². The molecule has 0 aliphatic carbocycles. The lowest BCUT2D eigenvalue weighted by Gasteiger charge is -2.38. The highest BCUT2D eigenvalue weighted by molar-refractivity contribution is 7.44. The number of carbonyl (C=O) groups is 1. The van der Waals surface area contributed by atoms with Gasteiger partial charge in [-0.15, -0.1) is 0 Å². The molecule has 0 fully saturated rings. The largest absolute Gasteiger partial charge is 0.382 e. The van der Waals surface area contributed by atoms with Gasteiger partial charge in [0.15, 0.2) is 0 Å². The fraction of sp³-hybridized carbons (Fsp3) is 0.481. The van der Waals surface area contributed by atoms with Gasteiger partial charge in [0, 0.05) is 24.8 Å². The normalized spacial score (nSPS) is 14.2. The van der Waals surface area contributed by atoms with E-state index in [4.69, 9.17) is 19.0 Å². The Kier molecular flexibility index (Phi) is 13.3. The van der Waals surface area contributed by atoms with E-state index in [0.717, 1.165) is 5.69 Å². The lowest BCUT2D eigenvalue weighted by molar-refractivity contribution is 0.0645. The topological polar surface area (TPSA) is 109 Å². The van der Waals surface area contributed by atoms with Crippen LogP contribution in [-0.2, 0) is 13.8 Å². The van der Waals surface area contributed by atoms with Crippen molar-refractivity contribution in [3.8, 4) is 6.07 Å². The molecule has 2 aromatic carbocycles. The summed E-state index contributed by atoms with van der Waals surface area (Å²) < 4.78 is 19.9. The van der Waals surface area contributed by atoms with E-state index in [-0.39, 0.29) is 37.6 Å². The van der Waals surface area contributed by atoms with Crippen LogP contribution >= 0.6 is 8.53 Å². The molecule has 0 saturated carbocycles. The van der Waals surface area contributed by atoms with Gasteiger partial charge in [-0.3, -0.25) is 4.79 Å². The molecule has 10 heteroatoms. The van der Waals surface area contributed by atoms with Crippen LogP contribution in [0.2, 0.25) is 0 Å². The number of nitriles is 1. The zero-order valence-electron chi connectivity index (χ0n) is 22.5. The van der Waals surface area contributed by atoms with Crippen molar-refractivity contribution < 1.29 is 18.6 Å². The highest BCUT2D eigenvalue weighted by Gasteiger charge is 2.32. The van der Waals surface area contributed by atoms with Gasteiger partial charge in [-0.05, 0) is 71.0 Å². The molecule has 37 heavy (non-hydrogen) atoms. The first kappa shape index (κ1) is 30.5. The molecule has 0 saturated heterocycles. The lowest BCUT2D eigenvalue weighted by Crippen LogP contribution is -2.46. The maximum atomic E-state index is 13.0. The average molecular weight is 528 g/mol. The summed E-state index contributed by atoms with van der Waals surface area (Å²) >= 11 is 0. The molecular weight excluding hydrogens is 489 g/mol. The molecule has 200 valence electrons. The van der Waals surface area contributed by atoms with Crippen molar-refractivity contribution in [3.05, 3.63) is 60.2 Å². The van der Waals surface area contributed by atoms with Crippen molar-refractivity contribution in [3.63, 3.8) is 0 Å². The molecule has 0 aliphatic heterocycles. The van der Waals surface area contributed by atoms with Crippen LogP contribution in [0.15, 0.2) is 64.8 Å². The number of benzene rings is 2. The number of ether oxygens (including phenoxy) is 1. The number of hydrogen-bond acceptors (Lipinski definition) is 8. The highest BCUT2D eigenvalue weighted by atomic mass is 31.2. The number of methoxy groups -OCH3 is 1. The number of nitrogens with one attached hydrogen (secondary N) is 1. The van der Waals surface area contributed by atoms with Crippen LogP contribution in [0.4, 0.5) is 11.4 Å². The van der Waals surface area contributed by atoms with Gasteiger partial charge in [-0.2, -0.15) is 15.5 Å². The Bertz CT molecular complexity index is 1000. The van der Waals surface area contributed by atoms with E-state index in [1.807, 2.05) is 37.3 Å². The smallest absolute Gasteiger partial charge is 0.259 e. The summed E-state index contributed by atoms with van der Waals surface area (Å²) in [4.78, 5) is 13.0. The second kappa shape index (κ2) is 16.2. The van der Waals surface area contributed by atoms with Crippen molar-refractivity contribution in [1.82, 2.24) is 9.99 Å². The van der Waals surface area contributed by atoms with E-state index >= 15 is 0 Å². The average Bonchev–Trinajstić information content (AvgIpc) is 2.87. The number of rotatable bonds is 15. The third-order valence-corrected chi connectivity index (χ3v) is 7.53. The number of amides is 1. The van der Waals surface area contributed by atoms with Crippen molar-refractivity contribution in [2.45, 2.75) is 65.3 Å². The molecule has 0 aromatic heterocycles. The van der Waals surface area contributed by atoms with Crippen molar-refractivity contribution in [2.24, 2.45) is 10.2 Å². The molecule has 3 atom stereocenters. The van der Waals surface area contributed by atoms with E-state index in [1.54, 1.807) is 31.4 Å². The van der Waals surface area contributed by atoms with Crippen LogP contribution in [0, 0.1) is 11.3 Å². The summed E-state index contributed by atoms with van der Waals surface area (Å²) in [7, 11) is 0.131. The Morgan fingerprint density at radius 1 is 1.00 bits per heavy atom. The minimum atomic E-state index is -1.45. The molecule has 0 bridgehead atoms. The van der Waals surface area contributed by atoms with Gasteiger partial charge >= 0.3 is 0 Å². The van der Waals surface area contributed by atoms with Crippen LogP contribution < -0.4 is 5.32 Å². The Morgan fingerprint density at radius 3 is 2.14 bits per heavy atom. The van der Waals surface area contributed by atoms with Gasteiger partial charge < -0.3 is 19.1 Å². The molecule has 9 nitrogen and oxygen atoms in total. The molecule has 1 amide bonds. The molecule has 2 rings (SSSR count). The Labute approximate surface area is 221 Å². The third-order valence-electron chi connectivity index (χ3n) is 5.31. The molecular formula is C27H38N5O4P. The third kappa shape index (κ3) is 10.3. The Hall–Kier alpha value is -2.73. The van der Waals surface area contributed by atoms with Crippen molar-refractivity contribution >= 4 is 25.8 Å². The lowest BCUT2D eigenvalue weighted by atomic mass is 10.1. The van der Waals surface area contributed by atoms with Crippen LogP contribution in [0.25, 0.3) is 0 Å². The summed E-state index contributed by atoms with van der Waals surface area (Å²) in [5, 5.41) is 20.4. The summed E-state index contributed by atoms with van der Waals surface area (Å²) in [6.45, 7) is 10.7. The number of carbonyl (C=O) groups excluding carboxylic acids is 1. The van der Waals surface area contributed by atoms with Crippen molar-refractivity contribution in [1.29, 1.82) is 5.26 Å². The zero-order valence-corrected chi connectivity index (χ0v) is 23.4. The van der Waals surface area contributed by atoms with Gasteiger partial charge in [0.1, 0.15) is 0 Å². The second-order valence-corrected chi connectivity index (χ2v) is 10.4. The van der Waals surface area contributed by atoms with Gasteiger partial charge in [0.2, 0.25) is 0 Å². The molecule has 1 unspecified atom stereocenters. The fourth-order valence-electron chi connectivity index (χ4n) is 3.53. The molecule has 0 aliphatic rings. The number of hydrogen-bond donors (Lipinski definition) is 1. The van der Waals surface area contributed by atoms with E-state index in [1.165, 1.54) is 0 Å². The summed E-state index contributed by atoms with van der Waals surface area (Å²) in [5.74, 6) is -0.247. The summed E-state index contributed by atoms with van der Waals surface area (Å²) in [5.41, 5.74) is 1.89. The fourth-order valence-corrected chi connectivity index (χ4v) is 5.26. The first-order valence-corrected chi connectivity index (χ1v) is 13.5. The van der Waals surface area contributed by atoms with Crippen LogP contribution in [-0.4, -0.2) is 55.1 Å². The minimum Gasteiger partial charge on any atom is -0.382 e. The summed E-state index contributed by atoms with van der Waals surface area (Å²) in [6, 6.07) is 18.4. The number of nitrogens with zero attached hydrogens (tertiary/aromatic N) is 4. The van der Waals surface area contributed by atoms with Gasteiger partial charge in [-0.25, -0.2) is 4.67 Å². The van der Waals surface area contributed by atoms with E-state index < -0.39 is 20.7 Å². The zero-order chi connectivity index (χ0) is 27.2. The first-order valence-electron chi connectivity index (χ1n) is 12.4. The predicted molar refractivity (Wildman–Crippen MR) is 146 cm³/mol. The van der Waals surface area contributed by atoms with E-state index in [0.29, 0.717) is 11.3 Å². The Morgan fingerprint density at radius 2 is 1.59 bits per heavy atom. The molecule has 0 radical (unpaired) electrons. The van der Waals surface area contributed by atoms with Crippen LogP contribution in [0.3, 0.4) is 0 Å². The maximum absolute atomic E-state index is 13.0. The SMILES string of the molecule is COC[C@H](NC(=O)c1ccc(N=Nc2ccccc2)cc1)[C@H](C)OP(OCCC#N)N(C(C)C)C(C)C. The molecule has 1 N–H and O–H groups in total. The maximum Gasteiger partial charge on any atom is 0.259 e. The molecule has 0 heterocycles. The second-order valence-electron chi connectivity index (χ2n) is 8.97. The first-order chi connectivity index (χ1) is 17.8. The van der Waals surface area contributed by atoms with Gasteiger partial charge in [0.25, 0.3) is 14.4 Å². The summed E-state index contributed by atoms with van der Waals surface area (Å²) in [6.07, 6.45) is -0.129. The monoisotopic (exact) mass is 527 g/mol. The quantitative estimate of drug-likeness (QED) is 0.160. The molecule has 2 aromatic rings. The van der Waals surface area contributed by atoms with E-state index in [9.17, 15) is 4.79 Å². The minimum absolute atomic E-state index is 0.174. The van der Waals surface area contributed by atoms with E-state index in [2.05, 4.69) is 54.0 Å². The van der Waals surface area contributed by atoms with Gasteiger partial charge in [0.05, 0.1) is 49.2 Å². The predicted octanol–water partition coefficient (Wildman–Crippen LogP) is 6.53.